The molecule has 2 aromatic carbocycles. The second kappa shape index (κ2) is 11.0. The molecule has 1 heterocycles. The Morgan fingerprint density at radius 2 is 1.60 bits per heavy atom. The molecule has 0 saturated carbocycles. The van der Waals surface area contributed by atoms with Crippen LogP contribution in [0.1, 0.15) is 56.4 Å². The molecule has 0 radical (unpaired) electrons. The number of nitrogens with zero attached hydrogens (tertiary/aromatic N) is 3. The number of benzene rings is 2. The van der Waals surface area contributed by atoms with E-state index in [1.807, 2.05) is 24.0 Å². The third kappa shape index (κ3) is 7.34. The molecule has 0 unspecified atom stereocenters. The van der Waals surface area contributed by atoms with Gasteiger partial charge in [-0.05, 0) is 53.3 Å². The lowest BCUT2D eigenvalue weighted by atomic mass is 9.82. The molecule has 0 aliphatic carbocycles. The maximum absolute atomic E-state index is 12.5. The molecule has 0 bridgehead atoms. The number of aromatic hydroxyl groups is 1. The highest BCUT2D eigenvalue weighted by molar-refractivity contribution is 5.42. The van der Waals surface area contributed by atoms with Gasteiger partial charge in [-0.25, -0.2) is 9.97 Å². The van der Waals surface area contributed by atoms with Gasteiger partial charge in [-0.15, -0.1) is 13.2 Å². The van der Waals surface area contributed by atoms with Crippen molar-refractivity contribution in [2.75, 3.05) is 11.4 Å². The first-order valence-electron chi connectivity index (χ1n) is 11.7. The number of hydrogen-bond donors (Lipinski definition) is 1. The summed E-state index contributed by atoms with van der Waals surface area (Å²) in [5, 5.41) is 10.2. The summed E-state index contributed by atoms with van der Waals surface area (Å²) in [6, 6.07) is 11.5. The summed E-state index contributed by atoms with van der Waals surface area (Å²) >= 11 is 0. The van der Waals surface area contributed by atoms with Crippen LogP contribution >= 0.6 is 0 Å². The predicted octanol–water partition coefficient (Wildman–Crippen LogP) is 6.58. The summed E-state index contributed by atoms with van der Waals surface area (Å²) in [7, 11) is 0. The van der Waals surface area contributed by atoms with Gasteiger partial charge in [0.2, 0.25) is 5.95 Å². The highest BCUT2D eigenvalue weighted by Gasteiger charge is 2.31. The third-order valence-corrected chi connectivity index (χ3v) is 5.88. The van der Waals surface area contributed by atoms with Gasteiger partial charge in [-0.3, -0.25) is 0 Å². The van der Waals surface area contributed by atoms with E-state index in [0.29, 0.717) is 24.8 Å². The zero-order valence-electron chi connectivity index (χ0n) is 20.6. The average Bonchev–Trinajstić information content (AvgIpc) is 2.80. The molecule has 0 spiro atoms. The van der Waals surface area contributed by atoms with Crippen LogP contribution in [0.3, 0.4) is 0 Å². The zero-order valence-corrected chi connectivity index (χ0v) is 20.6. The van der Waals surface area contributed by atoms with Crippen molar-refractivity contribution in [2.45, 2.75) is 65.3 Å². The number of aryl methyl sites for hydroxylation is 2. The van der Waals surface area contributed by atoms with Crippen molar-refractivity contribution in [1.29, 1.82) is 0 Å². The van der Waals surface area contributed by atoms with Gasteiger partial charge >= 0.3 is 6.36 Å². The van der Waals surface area contributed by atoms with Crippen LogP contribution in [0.4, 0.5) is 19.1 Å². The van der Waals surface area contributed by atoms with Crippen LogP contribution in [0, 0.1) is 0 Å². The summed E-state index contributed by atoms with van der Waals surface area (Å²) in [6.45, 7) is 9.28. The Bertz CT molecular complexity index is 1100. The van der Waals surface area contributed by atoms with E-state index in [9.17, 15) is 18.3 Å². The van der Waals surface area contributed by atoms with E-state index in [2.05, 4.69) is 35.5 Å². The molecule has 3 rings (SSSR count). The van der Waals surface area contributed by atoms with Crippen molar-refractivity contribution in [3.05, 3.63) is 77.1 Å². The minimum Gasteiger partial charge on any atom is -0.508 e. The highest BCUT2D eigenvalue weighted by Crippen LogP contribution is 2.31. The maximum Gasteiger partial charge on any atom is 0.573 e. The van der Waals surface area contributed by atoms with Gasteiger partial charge < -0.3 is 14.7 Å². The number of hydrogen-bond acceptors (Lipinski definition) is 5. The summed E-state index contributed by atoms with van der Waals surface area (Å²) in [5.74, 6) is 0.575. The Morgan fingerprint density at radius 1 is 0.943 bits per heavy atom. The monoisotopic (exact) mass is 487 g/mol. The maximum atomic E-state index is 12.5. The molecule has 5 nitrogen and oxygen atoms in total. The van der Waals surface area contributed by atoms with Crippen molar-refractivity contribution in [3.8, 4) is 11.5 Å². The number of phenols is 1. The number of halogens is 3. The Labute approximate surface area is 204 Å². The van der Waals surface area contributed by atoms with Crippen molar-refractivity contribution >= 4 is 5.95 Å². The average molecular weight is 488 g/mol. The van der Waals surface area contributed by atoms with Gasteiger partial charge in [0.15, 0.2) is 0 Å². The first kappa shape index (κ1) is 26.3. The van der Waals surface area contributed by atoms with Gasteiger partial charge in [0.05, 0.1) is 0 Å². The smallest absolute Gasteiger partial charge is 0.508 e. The molecule has 0 aliphatic rings. The van der Waals surface area contributed by atoms with Gasteiger partial charge in [-0.2, -0.15) is 0 Å². The van der Waals surface area contributed by atoms with Crippen molar-refractivity contribution < 1.29 is 23.0 Å². The number of ether oxygens (including phenoxy) is 1. The number of anilines is 1. The summed E-state index contributed by atoms with van der Waals surface area (Å²) in [4.78, 5) is 11.1. The molecular weight excluding hydrogens is 455 g/mol. The minimum atomic E-state index is -4.73. The van der Waals surface area contributed by atoms with E-state index in [1.54, 1.807) is 30.6 Å². The van der Waals surface area contributed by atoms with Gasteiger partial charge in [-0.1, -0.05) is 58.4 Å². The Balaban J connectivity index is 1.89. The first-order chi connectivity index (χ1) is 16.5. The zero-order chi connectivity index (χ0) is 25.6. The standard InChI is InChI=1S/C27H32F3N3O2/c1-5-7-21-14-22(10-13-24(21)34)26(3,4)18-33(25-31-15-19(6-2)16-32-25)17-20-8-11-23(12-9-20)35-27(28,29)30/h8-16,34H,5-7,17-18H2,1-4H3. The van der Waals surface area contributed by atoms with E-state index < -0.39 is 6.36 Å². The second-order valence-electron chi connectivity index (χ2n) is 9.27. The molecule has 0 aliphatic heterocycles. The van der Waals surface area contributed by atoms with Crippen LogP contribution < -0.4 is 9.64 Å². The van der Waals surface area contributed by atoms with Gasteiger partial charge in [0, 0.05) is 30.9 Å². The second-order valence-corrected chi connectivity index (χ2v) is 9.27. The predicted molar refractivity (Wildman–Crippen MR) is 131 cm³/mol. The molecule has 8 heteroatoms. The lowest BCUT2D eigenvalue weighted by Gasteiger charge is -2.34. The topological polar surface area (TPSA) is 58.5 Å². The van der Waals surface area contributed by atoms with Crippen LogP contribution in [0.15, 0.2) is 54.9 Å². The number of phenolic OH excluding ortho intramolecular Hbond substituents is 1. The van der Waals surface area contributed by atoms with E-state index in [1.165, 1.54) is 12.1 Å². The fraction of sp³-hybridized carbons (Fsp3) is 0.407. The van der Waals surface area contributed by atoms with E-state index in [-0.39, 0.29) is 11.2 Å². The molecule has 0 fully saturated rings. The van der Waals surface area contributed by atoms with Crippen molar-refractivity contribution in [1.82, 2.24) is 9.97 Å². The number of aromatic nitrogens is 2. The largest absolute Gasteiger partial charge is 0.573 e. The van der Waals surface area contributed by atoms with E-state index >= 15 is 0 Å². The molecule has 0 saturated heterocycles. The molecule has 0 amide bonds. The number of alkyl halides is 3. The van der Waals surface area contributed by atoms with Gasteiger partial charge in [0.25, 0.3) is 0 Å². The lowest BCUT2D eigenvalue weighted by molar-refractivity contribution is -0.274. The van der Waals surface area contributed by atoms with Crippen LogP contribution in [0.5, 0.6) is 11.5 Å². The SMILES string of the molecule is CCCc1cc(C(C)(C)CN(Cc2ccc(OC(F)(F)F)cc2)c2ncc(CC)cn2)ccc1O. The lowest BCUT2D eigenvalue weighted by Crippen LogP contribution is -2.38. The number of rotatable bonds is 10. The van der Waals surface area contributed by atoms with Crippen LogP contribution in [0.25, 0.3) is 0 Å². The van der Waals surface area contributed by atoms with E-state index in [0.717, 1.165) is 41.5 Å². The molecule has 3 aromatic rings. The quantitative estimate of drug-likeness (QED) is 0.350. The van der Waals surface area contributed by atoms with Crippen LogP contribution in [-0.2, 0) is 24.8 Å². The molecule has 0 atom stereocenters. The Kier molecular flexibility index (Phi) is 8.25. The normalized spacial score (nSPS) is 12.0. The Morgan fingerprint density at radius 3 is 2.17 bits per heavy atom. The van der Waals surface area contributed by atoms with E-state index in [4.69, 9.17) is 0 Å². The molecule has 35 heavy (non-hydrogen) atoms. The molecule has 1 aromatic heterocycles. The fourth-order valence-corrected chi connectivity index (χ4v) is 3.95. The summed E-state index contributed by atoms with van der Waals surface area (Å²) in [5.41, 5.74) is 3.47. The molecule has 188 valence electrons. The van der Waals surface area contributed by atoms with Gasteiger partial charge in [0.1, 0.15) is 11.5 Å². The molecule has 1 N–H and O–H groups in total. The van der Waals surface area contributed by atoms with Crippen LogP contribution in [-0.4, -0.2) is 28.0 Å². The fourth-order valence-electron chi connectivity index (χ4n) is 3.95. The molecular formula is C27H32F3N3O2. The van der Waals surface area contributed by atoms with Crippen LogP contribution in [0.2, 0.25) is 0 Å². The summed E-state index contributed by atoms with van der Waals surface area (Å²) in [6.07, 6.45) is 1.39. The highest BCUT2D eigenvalue weighted by atomic mass is 19.4. The third-order valence-electron chi connectivity index (χ3n) is 5.88. The van der Waals surface area contributed by atoms with Crippen molar-refractivity contribution in [3.63, 3.8) is 0 Å². The first-order valence-corrected chi connectivity index (χ1v) is 11.7. The van der Waals surface area contributed by atoms with Crippen molar-refractivity contribution in [2.24, 2.45) is 0 Å². The summed E-state index contributed by atoms with van der Waals surface area (Å²) < 4.78 is 41.6. The minimum absolute atomic E-state index is 0.260. The Hall–Kier alpha value is -3.29.